The van der Waals surface area contributed by atoms with Crippen LogP contribution in [0.25, 0.3) is 21.5 Å². The van der Waals surface area contributed by atoms with Crippen molar-refractivity contribution in [3.8, 4) is 5.75 Å². The van der Waals surface area contributed by atoms with Gasteiger partial charge in [0, 0.05) is 11.1 Å². The third-order valence-electron chi connectivity index (χ3n) is 6.43. The van der Waals surface area contributed by atoms with E-state index >= 15 is 0 Å². The van der Waals surface area contributed by atoms with Gasteiger partial charge in [0.05, 0.1) is 0 Å². The van der Waals surface area contributed by atoms with Gasteiger partial charge in [0.15, 0.2) is 11.6 Å². The molecule has 4 aromatic rings. The minimum atomic E-state index is -0.861. The Morgan fingerprint density at radius 3 is 2.28 bits per heavy atom. The average Bonchev–Trinajstić information content (AvgIpc) is 2.75. The summed E-state index contributed by atoms with van der Waals surface area (Å²) in [4.78, 5) is 0. The van der Waals surface area contributed by atoms with Crippen LogP contribution in [0, 0.1) is 11.6 Å². The largest absolute Gasteiger partial charge is 0.508 e. The molecule has 0 amide bonds. The molecule has 0 aliphatic heterocycles. The second-order valence-corrected chi connectivity index (χ2v) is 9.02. The molecule has 0 saturated carbocycles. The van der Waals surface area contributed by atoms with Gasteiger partial charge < -0.3 is 10.8 Å². The molecular weight excluding hydrogens is 404 g/mol. The lowest BCUT2D eigenvalue weighted by molar-refractivity contribution is 0.475. The van der Waals surface area contributed by atoms with Gasteiger partial charge in [-0.15, -0.1) is 0 Å². The Bertz CT molecular complexity index is 1330. The molecule has 0 heterocycles. The summed E-state index contributed by atoms with van der Waals surface area (Å²) in [7, 11) is 0. The number of nitrogen functional groups attached to an aromatic ring is 1. The Labute approximate surface area is 187 Å². The highest BCUT2D eigenvalue weighted by molar-refractivity contribution is 5.94. The molecule has 0 bridgehead atoms. The van der Waals surface area contributed by atoms with Gasteiger partial charge in [0.2, 0.25) is 0 Å². The van der Waals surface area contributed by atoms with Crippen LogP contribution in [0.2, 0.25) is 0 Å². The molecule has 4 rings (SSSR count). The number of anilines is 1. The first-order valence-electron chi connectivity index (χ1n) is 11.2. The molecule has 3 N–H and O–H groups in total. The molecule has 4 aromatic carbocycles. The van der Waals surface area contributed by atoms with Crippen molar-refractivity contribution in [3.05, 3.63) is 82.4 Å². The highest BCUT2D eigenvalue weighted by atomic mass is 19.2. The Balaban J connectivity index is 1.89. The molecule has 1 atom stereocenters. The number of phenols is 1. The second kappa shape index (κ2) is 8.42. The predicted octanol–water partition coefficient (Wildman–Crippen LogP) is 7.59. The summed E-state index contributed by atoms with van der Waals surface area (Å²) < 4.78 is 28.8. The van der Waals surface area contributed by atoms with Gasteiger partial charge in [-0.05, 0) is 93.4 Å². The molecule has 166 valence electrons. The van der Waals surface area contributed by atoms with Crippen LogP contribution in [0.1, 0.15) is 61.8 Å². The zero-order valence-corrected chi connectivity index (χ0v) is 19.0. The maximum Gasteiger partial charge on any atom is 0.166 e. The van der Waals surface area contributed by atoms with Crippen LogP contribution in [0.3, 0.4) is 0 Å². The van der Waals surface area contributed by atoms with Gasteiger partial charge in [0.25, 0.3) is 0 Å². The third kappa shape index (κ3) is 3.79. The van der Waals surface area contributed by atoms with E-state index in [1.54, 1.807) is 18.2 Å². The summed E-state index contributed by atoms with van der Waals surface area (Å²) >= 11 is 0. The maximum absolute atomic E-state index is 14.8. The molecule has 0 aliphatic carbocycles. The van der Waals surface area contributed by atoms with Gasteiger partial charge in [-0.2, -0.15) is 0 Å². The minimum absolute atomic E-state index is 0.113. The number of nitrogens with two attached hydrogens (primary N) is 1. The van der Waals surface area contributed by atoms with Crippen molar-refractivity contribution in [1.29, 1.82) is 0 Å². The fourth-order valence-electron chi connectivity index (χ4n) is 4.84. The molecule has 2 nitrogen and oxygen atoms in total. The average molecular weight is 434 g/mol. The van der Waals surface area contributed by atoms with Crippen molar-refractivity contribution in [2.75, 3.05) is 5.73 Å². The first-order chi connectivity index (χ1) is 15.2. The van der Waals surface area contributed by atoms with E-state index in [1.165, 1.54) is 10.9 Å². The minimum Gasteiger partial charge on any atom is -0.508 e. The number of benzene rings is 4. The summed E-state index contributed by atoms with van der Waals surface area (Å²) in [5.41, 5.74) is 10.7. The Hall–Kier alpha value is -3.14. The molecule has 1 unspecified atom stereocenters. The summed E-state index contributed by atoms with van der Waals surface area (Å²) in [5, 5.41) is 13.5. The summed E-state index contributed by atoms with van der Waals surface area (Å²) in [5.74, 6) is -1.31. The number of fused-ring (bicyclic) bond motifs is 2. The Morgan fingerprint density at radius 2 is 1.59 bits per heavy atom. The monoisotopic (exact) mass is 433 g/mol. The van der Waals surface area contributed by atoms with Crippen molar-refractivity contribution >= 4 is 27.2 Å². The van der Waals surface area contributed by atoms with E-state index < -0.39 is 11.6 Å². The SMILES string of the molecule is CCc1ccc(CC(C)c2cc(N)cc3ccc(F)c(F)c23)c2cc(O)cc(C(C)C)c12. The number of rotatable bonds is 5. The smallest absolute Gasteiger partial charge is 0.166 e. The predicted molar refractivity (Wildman–Crippen MR) is 129 cm³/mol. The third-order valence-corrected chi connectivity index (χ3v) is 6.43. The second-order valence-electron chi connectivity index (χ2n) is 9.02. The standard InChI is InChI=1S/C28H29F2NO/c1-5-17-6-7-18(24-14-21(32)13-22(15(2)3)26(17)24)10-16(4)23-12-20(31)11-19-8-9-25(29)28(30)27(19)23/h6-9,11-16,32H,5,10,31H2,1-4H3. The van der Waals surface area contributed by atoms with Crippen molar-refractivity contribution < 1.29 is 13.9 Å². The Morgan fingerprint density at radius 1 is 0.875 bits per heavy atom. The summed E-state index contributed by atoms with van der Waals surface area (Å²) in [6, 6.07) is 14.0. The van der Waals surface area contributed by atoms with Crippen LogP contribution in [0.4, 0.5) is 14.5 Å². The van der Waals surface area contributed by atoms with E-state index in [4.69, 9.17) is 5.73 Å². The molecule has 0 radical (unpaired) electrons. The van der Waals surface area contributed by atoms with E-state index in [1.807, 2.05) is 19.1 Å². The number of hydrogen-bond acceptors (Lipinski definition) is 2. The van der Waals surface area contributed by atoms with Crippen LogP contribution < -0.4 is 5.73 Å². The number of hydrogen-bond donors (Lipinski definition) is 2. The van der Waals surface area contributed by atoms with Gasteiger partial charge in [0.1, 0.15) is 5.75 Å². The van der Waals surface area contributed by atoms with Gasteiger partial charge in [-0.3, -0.25) is 0 Å². The number of aromatic hydroxyl groups is 1. The van der Waals surface area contributed by atoms with E-state index in [9.17, 15) is 13.9 Å². The summed E-state index contributed by atoms with van der Waals surface area (Å²) in [6.45, 7) is 8.38. The first-order valence-corrected chi connectivity index (χ1v) is 11.2. The fourth-order valence-corrected chi connectivity index (χ4v) is 4.84. The molecular formula is C28H29F2NO. The van der Waals surface area contributed by atoms with Crippen LogP contribution in [-0.4, -0.2) is 5.11 Å². The van der Waals surface area contributed by atoms with E-state index in [-0.39, 0.29) is 23.0 Å². The van der Waals surface area contributed by atoms with Crippen LogP contribution in [-0.2, 0) is 12.8 Å². The Kier molecular flexibility index (Phi) is 5.81. The molecule has 32 heavy (non-hydrogen) atoms. The van der Waals surface area contributed by atoms with E-state index in [2.05, 4.69) is 32.9 Å². The normalized spacial score (nSPS) is 12.7. The van der Waals surface area contributed by atoms with Crippen molar-refractivity contribution in [3.63, 3.8) is 0 Å². The van der Waals surface area contributed by atoms with Crippen LogP contribution >= 0.6 is 0 Å². The molecule has 4 heteroatoms. The number of aryl methyl sites for hydroxylation is 1. The molecule has 0 saturated heterocycles. The van der Waals surface area contributed by atoms with E-state index in [0.717, 1.165) is 29.0 Å². The topological polar surface area (TPSA) is 46.2 Å². The lowest BCUT2D eigenvalue weighted by Crippen LogP contribution is -2.05. The highest BCUT2D eigenvalue weighted by Gasteiger charge is 2.19. The lowest BCUT2D eigenvalue weighted by atomic mass is 9.84. The van der Waals surface area contributed by atoms with Crippen LogP contribution in [0.15, 0.2) is 48.5 Å². The van der Waals surface area contributed by atoms with Gasteiger partial charge >= 0.3 is 0 Å². The van der Waals surface area contributed by atoms with Crippen LogP contribution in [0.5, 0.6) is 5.75 Å². The highest BCUT2D eigenvalue weighted by Crippen LogP contribution is 2.38. The lowest BCUT2D eigenvalue weighted by Gasteiger charge is -2.20. The first kappa shape index (κ1) is 22.1. The zero-order chi connectivity index (χ0) is 23.2. The van der Waals surface area contributed by atoms with E-state index in [0.29, 0.717) is 23.1 Å². The quantitative estimate of drug-likeness (QED) is 0.318. The molecule has 0 aliphatic rings. The van der Waals surface area contributed by atoms with Crippen molar-refractivity contribution in [2.45, 2.75) is 52.4 Å². The number of phenolic OH excluding ortho intramolecular Hbond substituents is 1. The molecule has 0 spiro atoms. The molecule has 0 aromatic heterocycles. The summed E-state index contributed by atoms with van der Waals surface area (Å²) in [6.07, 6.45) is 1.50. The maximum atomic E-state index is 14.8. The van der Waals surface area contributed by atoms with Gasteiger partial charge in [-0.25, -0.2) is 8.78 Å². The fraction of sp³-hybridized carbons (Fsp3) is 0.286. The number of halogens is 2. The zero-order valence-electron chi connectivity index (χ0n) is 19.0. The molecule has 0 fully saturated rings. The van der Waals surface area contributed by atoms with Crippen molar-refractivity contribution in [2.24, 2.45) is 0 Å². The van der Waals surface area contributed by atoms with Gasteiger partial charge in [-0.1, -0.05) is 45.9 Å². The van der Waals surface area contributed by atoms with Crippen molar-refractivity contribution in [1.82, 2.24) is 0 Å².